The summed E-state index contributed by atoms with van der Waals surface area (Å²) in [6.45, 7) is 7.13. The molecule has 1 aromatic carbocycles. The lowest BCUT2D eigenvalue weighted by Gasteiger charge is -2.19. The van der Waals surface area contributed by atoms with Crippen molar-refractivity contribution in [1.29, 1.82) is 0 Å². The Morgan fingerprint density at radius 1 is 1.20 bits per heavy atom. The van der Waals surface area contributed by atoms with Gasteiger partial charge in [0.05, 0.1) is 11.1 Å². The molecular formula is C19H27N5O5S. The topological polar surface area (TPSA) is 131 Å². The number of sulfonamides is 1. The third-order valence-corrected chi connectivity index (χ3v) is 5.04. The lowest BCUT2D eigenvalue weighted by molar-refractivity contribution is -0.116. The largest absolute Gasteiger partial charge is 0.444 e. The van der Waals surface area contributed by atoms with Gasteiger partial charge in [0, 0.05) is 25.0 Å². The van der Waals surface area contributed by atoms with E-state index in [-0.39, 0.29) is 30.4 Å². The van der Waals surface area contributed by atoms with Crippen LogP contribution in [0.3, 0.4) is 0 Å². The second-order valence-corrected chi connectivity index (χ2v) is 9.38. The summed E-state index contributed by atoms with van der Waals surface area (Å²) in [6, 6.07) is 5.89. The summed E-state index contributed by atoms with van der Waals surface area (Å²) in [5.74, 6) is -0.331. The Morgan fingerprint density at radius 3 is 2.57 bits per heavy atom. The minimum Gasteiger partial charge on any atom is -0.444 e. The summed E-state index contributed by atoms with van der Waals surface area (Å²) in [7, 11) is -3.82. The fourth-order valence-corrected chi connectivity index (χ4v) is 3.47. The Morgan fingerprint density at radius 2 is 1.93 bits per heavy atom. The van der Waals surface area contributed by atoms with Crippen molar-refractivity contribution in [2.75, 3.05) is 18.4 Å². The van der Waals surface area contributed by atoms with Crippen molar-refractivity contribution in [3.05, 3.63) is 42.2 Å². The van der Waals surface area contributed by atoms with Gasteiger partial charge in [0.15, 0.2) is 0 Å². The Balaban J connectivity index is 1.88. The maximum atomic E-state index is 12.5. The van der Waals surface area contributed by atoms with Crippen molar-refractivity contribution in [2.24, 2.45) is 0 Å². The molecule has 164 valence electrons. The first-order valence-electron chi connectivity index (χ1n) is 9.30. The van der Waals surface area contributed by atoms with Gasteiger partial charge in [-0.3, -0.25) is 9.48 Å². The van der Waals surface area contributed by atoms with Gasteiger partial charge in [0.1, 0.15) is 12.1 Å². The lowest BCUT2D eigenvalue weighted by atomic mass is 10.2. The van der Waals surface area contributed by atoms with Gasteiger partial charge in [-0.15, -0.1) is 0 Å². The van der Waals surface area contributed by atoms with Crippen LogP contribution >= 0.6 is 0 Å². The van der Waals surface area contributed by atoms with Crippen molar-refractivity contribution in [3.8, 4) is 0 Å². The fraction of sp³-hybridized carbons (Fsp3) is 0.421. The number of nitrogens with one attached hydrogen (secondary N) is 3. The van der Waals surface area contributed by atoms with Crippen LogP contribution in [0.4, 0.5) is 10.5 Å². The first kappa shape index (κ1) is 23.4. The maximum absolute atomic E-state index is 12.5. The third kappa shape index (κ3) is 7.84. The van der Waals surface area contributed by atoms with Crippen molar-refractivity contribution in [3.63, 3.8) is 0 Å². The molecule has 0 aliphatic carbocycles. The zero-order valence-electron chi connectivity index (χ0n) is 17.4. The first-order chi connectivity index (χ1) is 13.9. The lowest BCUT2D eigenvalue weighted by Crippen LogP contribution is -2.37. The van der Waals surface area contributed by atoms with Gasteiger partial charge in [-0.1, -0.05) is 6.07 Å². The quantitative estimate of drug-likeness (QED) is 0.538. The highest BCUT2D eigenvalue weighted by molar-refractivity contribution is 7.89. The van der Waals surface area contributed by atoms with E-state index in [1.54, 1.807) is 39.2 Å². The molecule has 0 radical (unpaired) electrons. The number of carbonyl (C=O) groups excluding carboxylic acids is 2. The molecule has 0 saturated heterocycles. The number of aromatic nitrogens is 2. The molecule has 30 heavy (non-hydrogen) atoms. The molecule has 10 nitrogen and oxygen atoms in total. The van der Waals surface area contributed by atoms with Crippen LogP contribution in [-0.4, -0.2) is 48.9 Å². The number of alkyl carbamates (subject to hydrolysis) is 1. The molecular weight excluding hydrogens is 410 g/mol. The molecule has 0 bridgehead atoms. The zero-order chi connectivity index (χ0) is 22.4. The molecule has 0 saturated carbocycles. The molecule has 0 aliphatic rings. The molecule has 0 atom stereocenters. The van der Waals surface area contributed by atoms with Crippen LogP contribution in [0.5, 0.6) is 0 Å². The Bertz CT molecular complexity index is 995. The first-order valence-corrected chi connectivity index (χ1v) is 10.8. The van der Waals surface area contributed by atoms with Gasteiger partial charge in [0.2, 0.25) is 15.9 Å². The molecule has 0 aliphatic heterocycles. The van der Waals surface area contributed by atoms with Crippen LogP contribution in [-0.2, 0) is 26.1 Å². The molecule has 0 fully saturated rings. The molecule has 2 aromatic rings. The molecule has 1 heterocycles. The average Bonchev–Trinajstić information content (AvgIpc) is 3.02. The van der Waals surface area contributed by atoms with Crippen LogP contribution in [0.2, 0.25) is 0 Å². The number of hydrogen-bond acceptors (Lipinski definition) is 6. The van der Waals surface area contributed by atoms with E-state index in [9.17, 15) is 18.0 Å². The number of nitrogens with zero attached hydrogens (tertiary/aromatic N) is 2. The van der Waals surface area contributed by atoms with Crippen LogP contribution < -0.4 is 15.4 Å². The molecule has 0 unspecified atom stereocenters. The summed E-state index contributed by atoms with van der Waals surface area (Å²) < 4.78 is 33.9. The standard InChI is InChI=1S/C19H27N5O5S/c1-14-11-21-24(12-14)13-17(25)23-15-6-5-7-16(10-15)30(27,28)22-9-8-20-18(26)29-19(2,3)4/h5-7,10-12,22H,8-9,13H2,1-4H3,(H,20,26)(H,23,25). The second kappa shape index (κ2) is 9.72. The molecule has 2 amide bonds. The number of hydrogen-bond donors (Lipinski definition) is 3. The van der Waals surface area contributed by atoms with Crippen molar-refractivity contribution < 1.29 is 22.7 Å². The van der Waals surface area contributed by atoms with Gasteiger partial charge >= 0.3 is 6.09 Å². The van der Waals surface area contributed by atoms with E-state index in [2.05, 4.69) is 20.5 Å². The van der Waals surface area contributed by atoms with E-state index >= 15 is 0 Å². The minimum atomic E-state index is -3.82. The van der Waals surface area contributed by atoms with E-state index < -0.39 is 21.7 Å². The Hall–Kier alpha value is -2.92. The van der Waals surface area contributed by atoms with Crippen molar-refractivity contribution >= 4 is 27.7 Å². The van der Waals surface area contributed by atoms with E-state index in [1.165, 1.54) is 22.9 Å². The van der Waals surface area contributed by atoms with Crippen LogP contribution in [0.25, 0.3) is 0 Å². The number of ether oxygens (including phenoxy) is 1. The third-order valence-electron chi connectivity index (χ3n) is 3.58. The predicted octanol–water partition coefficient (Wildman–Crippen LogP) is 1.63. The van der Waals surface area contributed by atoms with E-state index in [0.717, 1.165) is 5.56 Å². The second-order valence-electron chi connectivity index (χ2n) is 7.62. The maximum Gasteiger partial charge on any atom is 0.407 e. The summed E-state index contributed by atoms with van der Waals surface area (Å²) in [5, 5.41) is 9.16. The Kier molecular flexibility index (Phi) is 7.57. The number of amides is 2. The molecule has 0 spiro atoms. The summed E-state index contributed by atoms with van der Waals surface area (Å²) >= 11 is 0. The SMILES string of the molecule is Cc1cnn(CC(=O)Nc2cccc(S(=O)(=O)NCCNC(=O)OC(C)(C)C)c2)c1. The highest BCUT2D eigenvalue weighted by atomic mass is 32.2. The summed E-state index contributed by atoms with van der Waals surface area (Å²) in [4.78, 5) is 23.7. The normalized spacial score (nSPS) is 11.7. The monoisotopic (exact) mass is 437 g/mol. The molecule has 1 aromatic heterocycles. The van der Waals surface area contributed by atoms with Crippen LogP contribution in [0.1, 0.15) is 26.3 Å². The van der Waals surface area contributed by atoms with Gasteiger partial charge in [-0.05, 0) is 51.5 Å². The van der Waals surface area contributed by atoms with Crippen LogP contribution in [0.15, 0.2) is 41.6 Å². The minimum absolute atomic E-state index is 0.00694. The van der Waals surface area contributed by atoms with Gasteiger partial charge < -0.3 is 15.4 Å². The summed E-state index contributed by atoms with van der Waals surface area (Å²) in [5.41, 5.74) is 0.645. The number of rotatable bonds is 8. The van der Waals surface area contributed by atoms with Crippen LogP contribution in [0, 0.1) is 6.92 Å². The fourth-order valence-electron chi connectivity index (χ4n) is 2.39. The molecule has 2 rings (SSSR count). The molecule has 11 heteroatoms. The smallest absolute Gasteiger partial charge is 0.407 e. The Labute approximate surface area is 176 Å². The number of anilines is 1. The van der Waals surface area contributed by atoms with E-state index in [1.807, 2.05) is 6.92 Å². The highest BCUT2D eigenvalue weighted by Crippen LogP contribution is 2.15. The highest BCUT2D eigenvalue weighted by Gasteiger charge is 2.17. The van der Waals surface area contributed by atoms with Gasteiger partial charge in [0.25, 0.3) is 0 Å². The van der Waals surface area contributed by atoms with Gasteiger partial charge in [-0.25, -0.2) is 17.9 Å². The van der Waals surface area contributed by atoms with Gasteiger partial charge in [-0.2, -0.15) is 5.10 Å². The van der Waals surface area contributed by atoms with Crippen molar-refractivity contribution in [1.82, 2.24) is 19.8 Å². The number of benzene rings is 1. The van der Waals surface area contributed by atoms with E-state index in [0.29, 0.717) is 5.69 Å². The molecule has 3 N–H and O–H groups in total. The summed E-state index contributed by atoms with van der Waals surface area (Å²) in [6.07, 6.45) is 2.75. The van der Waals surface area contributed by atoms with E-state index in [4.69, 9.17) is 4.74 Å². The van der Waals surface area contributed by atoms with Crippen molar-refractivity contribution in [2.45, 2.75) is 44.7 Å². The number of aryl methyl sites for hydroxylation is 1. The zero-order valence-corrected chi connectivity index (χ0v) is 18.2. The average molecular weight is 438 g/mol. The predicted molar refractivity (Wildman–Crippen MR) is 111 cm³/mol. The number of carbonyl (C=O) groups is 2.